The highest BCUT2D eigenvalue weighted by Crippen LogP contribution is 2.32. The highest BCUT2D eigenvalue weighted by Gasteiger charge is 2.30. The quantitative estimate of drug-likeness (QED) is 0.442. The Kier molecular flexibility index (Phi) is 9.53. The monoisotopic (exact) mass is 551 g/mol. The van der Waals surface area contributed by atoms with Crippen LogP contribution in [0.2, 0.25) is 0 Å². The molecule has 0 saturated heterocycles. The second-order valence-corrected chi connectivity index (χ2v) is 11.4. The van der Waals surface area contributed by atoms with Crippen LogP contribution in [0.3, 0.4) is 0 Å². The fraction of sp³-hybridized carbons (Fsp3) is 0.577. The van der Waals surface area contributed by atoms with Gasteiger partial charge in [0.25, 0.3) is 0 Å². The standard InChI is InChI=1S/C26H38BrN3O5/c1-8-9-13-19(23(32)34-25(2,3)4)29-22(31)18(28)15-17-16-12-10-11-14-20(16)30(21(17)27)24(33)35-26(5,6)7/h10-12,14,18-19H,8-9,13,15,28H2,1-7H3,(H,29,31)/t18-,19-/m1/s1. The number of hydrogen-bond acceptors (Lipinski definition) is 6. The lowest BCUT2D eigenvalue weighted by atomic mass is 10.0. The van der Waals surface area contributed by atoms with Gasteiger partial charge in [-0.15, -0.1) is 0 Å². The zero-order chi connectivity index (χ0) is 26.6. The molecule has 0 bridgehead atoms. The Hall–Kier alpha value is -2.39. The van der Waals surface area contributed by atoms with Crippen LogP contribution in [0, 0.1) is 0 Å². The van der Waals surface area contributed by atoms with Crippen molar-refractivity contribution in [3.05, 3.63) is 34.4 Å². The molecule has 0 aliphatic rings. The molecule has 0 radical (unpaired) electrons. The molecule has 0 fully saturated rings. The van der Waals surface area contributed by atoms with Crippen LogP contribution in [0.25, 0.3) is 10.9 Å². The number of carbonyl (C=O) groups is 3. The van der Waals surface area contributed by atoms with Crippen LogP contribution in [-0.4, -0.2) is 45.8 Å². The maximum Gasteiger partial charge on any atom is 0.419 e. The lowest BCUT2D eigenvalue weighted by Crippen LogP contribution is -2.50. The largest absolute Gasteiger partial charge is 0.458 e. The average molecular weight is 553 g/mol. The highest BCUT2D eigenvalue weighted by molar-refractivity contribution is 9.10. The molecule has 1 aromatic heterocycles. The van der Waals surface area contributed by atoms with Gasteiger partial charge in [-0.1, -0.05) is 38.0 Å². The van der Waals surface area contributed by atoms with Gasteiger partial charge in [0.15, 0.2) is 0 Å². The van der Waals surface area contributed by atoms with Crippen molar-refractivity contribution in [1.82, 2.24) is 9.88 Å². The van der Waals surface area contributed by atoms with Gasteiger partial charge in [0.05, 0.1) is 16.2 Å². The number of nitrogens with zero attached hydrogens (tertiary/aromatic N) is 1. The maximum absolute atomic E-state index is 13.0. The molecule has 1 amide bonds. The van der Waals surface area contributed by atoms with Crippen molar-refractivity contribution in [2.75, 3.05) is 0 Å². The summed E-state index contributed by atoms with van der Waals surface area (Å²) in [4.78, 5) is 38.6. The molecule has 0 spiro atoms. The molecule has 0 unspecified atom stereocenters. The molecule has 8 nitrogen and oxygen atoms in total. The number of aromatic nitrogens is 1. The number of hydrogen-bond donors (Lipinski definition) is 2. The maximum atomic E-state index is 13.0. The third kappa shape index (κ3) is 8.07. The van der Waals surface area contributed by atoms with E-state index in [-0.39, 0.29) is 6.42 Å². The summed E-state index contributed by atoms with van der Waals surface area (Å²) >= 11 is 3.52. The Morgan fingerprint density at radius 2 is 1.66 bits per heavy atom. The molecule has 194 valence electrons. The number of esters is 1. The molecule has 2 atom stereocenters. The van der Waals surface area contributed by atoms with Gasteiger partial charge in [0.2, 0.25) is 5.91 Å². The summed E-state index contributed by atoms with van der Waals surface area (Å²) in [6.45, 7) is 12.8. The number of unbranched alkanes of at least 4 members (excludes halogenated alkanes) is 1. The molecule has 9 heteroatoms. The summed E-state index contributed by atoms with van der Waals surface area (Å²) in [7, 11) is 0. The fourth-order valence-electron chi connectivity index (χ4n) is 3.58. The molecule has 35 heavy (non-hydrogen) atoms. The molecule has 0 saturated carbocycles. The second-order valence-electron chi connectivity index (χ2n) is 10.6. The number of fused-ring (bicyclic) bond motifs is 1. The Bertz CT molecular complexity index is 1070. The molecule has 1 aromatic carbocycles. The number of halogens is 1. The van der Waals surface area contributed by atoms with Crippen molar-refractivity contribution in [1.29, 1.82) is 0 Å². The smallest absolute Gasteiger partial charge is 0.419 e. The second kappa shape index (κ2) is 11.6. The fourth-order valence-corrected chi connectivity index (χ4v) is 4.29. The van der Waals surface area contributed by atoms with Gasteiger partial charge in [-0.3, -0.25) is 4.79 Å². The van der Waals surface area contributed by atoms with Crippen molar-refractivity contribution >= 4 is 44.8 Å². The molecular weight excluding hydrogens is 514 g/mol. The van der Waals surface area contributed by atoms with E-state index in [1.165, 1.54) is 4.57 Å². The van der Waals surface area contributed by atoms with Crippen LogP contribution >= 0.6 is 15.9 Å². The summed E-state index contributed by atoms with van der Waals surface area (Å²) in [5.74, 6) is -0.938. The van der Waals surface area contributed by atoms with E-state index in [2.05, 4.69) is 21.2 Å². The summed E-state index contributed by atoms with van der Waals surface area (Å²) in [6, 6.07) is 5.63. The van der Waals surface area contributed by atoms with E-state index >= 15 is 0 Å². The molecule has 0 aliphatic carbocycles. The van der Waals surface area contributed by atoms with Gasteiger partial charge in [-0.25, -0.2) is 14.2 Å². The third-order valence-corrected chi connectivity index (χ3v) is 5.94. The molecule has 3 N–H and O–H groups in total. The van der Waals surface area contributed by atoms with E-state index in [4.69, 9.17) is 15.2 Å². The van der Waals surface area contributed by atoms with Gasteiger partial charge < -0.3 is 20.5 Å². The van der Waals surface area contributed by atoms with Crippen LogP contribution in [0.4, 0.5) is 4.79 Å². The third-order valence-electron chi connectivity index (χ3n) is 5.11. The Labute approximate surface area is 216 Å². The van der Waals surface area contributed by atoms with E-state index in [9.17, 15) is 14.4 Å². The zero-order valence-electron chi connectivity index (χ0n) is 21.7. The van der Waals surface area contributed by atoms with Gasteiger partial charge in [0, 0.05) is 5.39 Å². The summed E-state index contributed by atoms with van der Waals surface area (Å²) < 4.78 is 13.0. The first-order valence-electron chi connectivity index (χ1n) is 11.9. The van der Waals surface area contributed by atoms with Crippen LogP contribution in [0.15, 0.2) is 28.9 Å². The summed E-state index contributed by atoms with van der Waals surface area (Å²) in [5.41, 5.74) is 6.30. The number of nitrogens with one attached hydrogen (secondary N) is 1. The van der Waals surface area contributed by atoms with Crippen molar-refractivity contribution < 1.29 is 23.9 Å². The van der Waals surface area contributed by atoms with Gasteiger partial charge in [-0.2, -0.15) is 0 Å². The number of carbonyl (C=O) groups excluding carboxylic acids is 3. The van der Waals surface area contributed by atoms with Crippen LogP contribution in [0.1, 0.15) is 73.3 Å². The molecule has 0 aliphatic heterocycles. The minimum Gasteiger partial charge on any atom is -0.458 e. The van der Waals surface area contributed by atoms with Crippen LogP contribution in [0.5, 0.6) is 0 Å². The van der Waals surface area contributed by atoms with Gasteiger partial charge in [0.1, 0.15) is 17.2 Å². The average Bonchev–Trinajstić information content (AvgIpc) is 2.99. The number of nitrogens with two attached hydrogens (primary N) is 1. The molecule has 2 rings (SSSR count). The van der Waals surface area contributed by atoms with Gasteiger partial charge in [-0.05, 0) is 81.9 Å². The number of ether oxygens (including phenoxy) is 2. The van der Waals surface area contributed by atoms with Crippen molar-refractivity contribution in [2.24, 2.45) is 5.73 Å². The molecular formula is C26H38BrN3O5. The Morgan fingerprint density at radius 3 is 2.23 bits per heavy atom. The first-order valence-corrected chi connectivity index (χ1v) is 12.7. The number of para-hydroxylation sites is 1. The molecule has 2 aromatic rings. The number of rotatable bonds is 8. The highest BCUT2D eigenvalue weighted by atomic mass is 79.9. The SMILES string of the molecule is CCCC[C@@H](NC(=O)[C@H](N)Cc1c(Br)n(C(=O)OC(C)(C)C)c2ccccc12)C(=O)OC(C)(C)C. The summed E-state index contributed by atoms with van der Waals surface area (Å²) in [5, 5.41) is 3.55. The Balaban J connectivity index is 2.28. The number of amides is 1. The van der Waals surface area contributed by atoms with E-state index in [1.54, 1.807) is 41.5 Å². The van der Waals surface area contributed by atoms with Crippen molar-refractivity contribution in [3.63, 3.8) is 0 Å². The lowest BCUT2D eigenvalue weighted by Gasteiger charge is -2.25. The minimum atomic E-state index is -0.948. The van der Waals surface area contributed by atoms with Crippen LogP contribution < -0.4 is 11.1 Å². The number of benzene rings is 1. The topological polar surface area (TPSA) is 113 Å². The molecule has 1 heterocycles. The lowest BCUT2D eigenvalue weighted by molar-refractivity contribution is -0.159. The van der Waals surface area contributed by atoms with Crippen molar-refractivity contribution in [2.45, 2.75) is 97.4 Å². The Morgan fingerprint density at radius 1 is 1.06 bits per heavy atom. The van der Waals surface area contributed by atoms with Crippen LogP contribution in [-0.2, 0) is 25.5 Å². The predicted octanol–water partition coefficient (Wildman–Crippen LogP) is 5.07. The van der Waals surface area contributed by atoms with E-state index in [0.29, 0.717) is 22.1 Å². The normalized spacial score (nSPS) is 13.9. The van der Waals surface area contributed by atoms with E-state index in [1.807, 2.05) is 31.2 Å². The van der Waals surface area contributed by atoms with Gasteiger partial charge >= 0.3 is 12.1 Å². The first kappa shape index (κ1) is 28.8. The first-order chi connectivity index (χ1) is 16.1. The van der Waals surface area contributed by atoms with Crippen molar-refractivity contribution in [3.8, 4) is 0 Å². The minimum absolute atomic E-state index is 0.150. The zero-order valence-corrected chi connectivity index (χ0v) is 23.3. The van der Waals surface area contributed by atoms with E-state index in [0.717, 1.165) is 18.2 Å². The summed E-state index contributed by atoms with van der Waals surface area (Å²) in [6.07, 6.45) is 1.71. The van der Waals surface area contributed by atoms with E-state index < -0.39 is 41.3 Å². The predicted molar refractivity (Wildman–Crippen MR) is 140 cm³/mol.